The Labute approximate surface area is 246 Å². The van der Waals surface area contributed by atoms with Gasteiger partial charge < -0.3 is 16.0 Å². The van der Waals surface area contributed by atoms with Gasteiger partial charge in [0.2, 0.25) is 0 Å². The quantitative estimate of drug-likeness (QED) is 0.266. The maximum atomic E-state index is 13.1. The SMILES string of the molecule is CNc1cc(-n2nc(CN3CCS(=O)(=O)CC3)cc2Nc2cc(NC(=O)c3cccc(C(F)(F)F)c3)ccc2C)ncn1. The van der Waals surface area contributed by atoms with Crippen LogP contribution in [-0.2, 0) is 22.6 Å². The molecular formula is C28H29F3N8O3S. The predicted octanol–water partition coefficient (Wildman–Crippen LogP) is 4.26. The van der Waals surface area contributed by atoms with Crippen LogP contribution >= 0.6 is 0 Å². The maximum absolute atomic E-state index is 13.1. The van der Waals surface area contributed by atoms with Gasteiger partial charge in [-0.1, -0.05) is 12.1 Å². The third-order valence-electron chi connectivity index (χ3n) is 6.92. The Hall–Kier alpha value is -4.50. The average molecular weight is 615 g/mol. The van der Waals surface area contributed by atoms with E-state index in [9.17, 15) is 26.4 Å². The van der Waals surface area contributed by atoms with Gasteiger partial charge in [-0.05, 0) is 42.8 Å². The fourth-order valence-electron chi connectivity index (χ4n) is 4.52. The number of amides is 1. The molecule has 4 aromatic rings. The summed E-state index contributed by atoms with van der Waals surface area (Å²) in [6, 6.07) is 12.9. The number of nitrogens with one attached hydrogen (secondary N) is 3. The minimum Gasteiger partial charge on any atom is -0.373 e. The number of carbonyl (C=O) groups is 1. The van der Waals surface area contributed by atoms with E-state index in [4.69, 9.17) is 5.10 Å². The van der Waals surface area contributed by atoms with Crippen molar-refractivity contribution >= 4 is 38.8 Å². The van der Waals surface area contributed by atoms with Gasteiger partial charge in [0.1, 0.15) is 18.0 Å². The van der Waals surface area contributed by atoms with Crippen molar-refractivity contribution in [3.05, 3.63) is 83.3 Å². The molecule has 15 heteroatoms. The van der Waals surface area contributed by atoms with Crippen molar-refractivity contribution in [2.24, 2.45) is 0 Å². The Balaban J connectivity index is 1.42. The van der Waals surface area contributed by atoms with E-state index in [1.807, 2.05) is 17.9 Å². The van der Waals surface area contributed by atoms with Crippen molar-refractivity contribution in [2.45, 2.75) is 19.6 Å². The van der Waals surface area contributed by atoms with Crippen LogP contribution < -0.4 is 16.0 Å². The van der Waals surface area contributed by atoms with E-state index in [1.54, 1.807) is 36.0 Å². The van der Waals surface area contributed by atoms with Gasteiger partial charge in [0.15, 0.2) is 15.7 Å². The predicted molar refractivity (Wildman–Crippen MR) is 156 cm³/mol. The summed E-state index contributed by atoms with van der Waals surface area (Å²) >= 11 is 0. The molecule has 0 bridgehead atoms. The normalized spacial score (nSPS) is 15.2. The number of aromatic nitrogens is 4. The van der Waals surface area contributed by atoms with E-state index in [0.29, 0.717) is 54.2 Å². The molecule has 2 aromatic heterocycles. The molecule has 1 amide bonds. The highest BCUT2D eigenvalue weighted by molar-refractivity contribution is 7.91. The van der Waals surface area contributed by atoms with Crippen LogP contribution in [0.2, 0.25) is 0 Å². The van der Waals surface area contributed by atoms with E-state index < -0.39 is 27.5 Å². The molecule has 1 saturated heterocycles. The topological polar surface area (TPSA) is 134 Å². The Bertz CT molecular complexity index is 1740. The molecule has 0 unspecified atom stereocenters. The van der Waals surface area contributed by atoms with Gasteiger partial charge in [0.05, 0.1) is 22.8 Å². The average Bonchev–Trinajstić information content (AvgIpc) is 3.37. The summed E-state index contributed by atoms with van der Waals surface area (Å²) in [7, 11) is -1.30. The largest absolute Gasteiger partial charge is 0.416 e. The summed E-state index contributed by atoms with van der Waals surface area (Å²) in [5.41, 5.74) is 1.46. The molecule has 1 aliphatic heterocycles. The highest BCUT2D eigenvalue weighted by Gasteiger charge is 2.31. The van der Waals surface area contributed by atoms with Gasteiger partial charge in [0.25, 0.3) is 5.91 Å². The number of benzene rings is 2. The zero-order valence-corrected chi connectivity index (χ0v) is 24.1. The van der Waals surface area contributed by atoms with E-state index in [-0.39, 0.29) is 17.1 Å². The Morgan fingerprint density at radius 2 is 1.79 bits per heavy atom. The van der Waals surface area contributed by atoms with Gasteiger partial charge in [0, 0.05) is 55.8 Å². The highest BCUT2D eigenvalue weighted by atomic mass is 32.2. The molecule has 1 fully saturated rings. The van der Waals surface area contributed by atoms with Crippen LogP contribution in [0.15, 0.2) is 60.9 Å². The number of halogens is 3. The van der Waals surface area contributed by atoms with Crippen LogP contribution in [0.3, 0.4) is 0 Å². The molecule has 2 aromatic carbocycles. The van der Waals surface area contributed by atoms with Gasteiger partial charge >= 0.3 is 6.18 Å². The number of rotatable bonds is 8. The molecule has 3 heterocycles. The maximum Gasteiger partial charge on any atom is 0.416 e. The number of aryl methyl sites for hydroxylation is 1. The molecule has 0 spiro atoms. The Kier molecular flexibility index (Phi) is 8.37. The molecular weight excluding hydrogens is 585 g/mol. The van der Waals surface area contributed by atoms with E-state index in [1.165, 1.54) is 18.5 Å². The van der Waals surface area contributed by atoms with Crippen LogP contribution in [0.5, 0.6) is 0 Å². The first-order valence-electron chi connectivity index (χ1n) is 13.3. The van der Waals surface area contributed by atoms with Crippen LogP contribution in [0, 0.1) is 6.92 Å². The van der Waals surface area contributed by atoms with Crippen LogP contribution in [-0.4, -0.2) is 70.6 Å². The first-order valence-corrected chi connectivity index (χ1v) is 15.1. The van der Waals surface area contributed by atoms with Crippen LogP contribution in [0.25, 0.3) is 5.82 Å². The third kappa shape index (κ3) is 7.29. The molecule has 3 N–H and O–H groups in total. The van der Waals surface area contributed by atoms with Gasteiger partial charge in [-0.25, -0.2) is 18.4 Å². The highest BCUT2D eigenvalue weighted by Crippen LogP contribution is 2.30. The molecule has 5 rings (SSSR count). The minimum absolute atomic E-state index is 0.0917. The number of hydrogen-bond donors (Lipinski definition) is 3. The lowest BCUT2D eigenvalue weighted by Crippen LogP contribution is -2.39. The second kappa shape index (κ2) is 12.0. The van der Waals surface area contributed by atoms with Crippen LogP contribution in [0.4, 0.5) is 36.2 Å². The summed E-state index contributed by atoms with van der Waals surface area (Å²) in [6.45, 7) is 3.09. The monoisotopic (exact) mass is 614 g/mol. The van der Waals surface area contributed by atoms with Crippen molar-refractivity contribution in [3.63, 3.8) is 0 Å². The lowest BCUT2D eigenvalue weighted by atomic mass is 10.1. The lowest BCUT2D eigenvalue weighted by Gasteiger charge is -2.25. The molecule has 0 atom stereocenters. The van der Waals surface area contributed by atoms with Crippen molar-refractivity contribution in [1.82, 2.24) is 24.6 Å². The van der Waals surface area contributed by atoms with E-state index in [0.717, 1.165) is 17.7 Å². The zero-order chi connectivity index (χ0) is 30.8. The minimum atomic E-state index is -4.57. The Morgan fingerprint density at radius 1 is 1.02 bits per heavy atom. The number of sulfone groups is 1. The van der Waals surface area contributed by atoms with Crippen LogP contribution in [0.1, 0.15) is 27.2 Å². The van der Waals surface area contributed by atoms with E-state index >= 15 is 0 Å². The molecule has 0 aliphatic carbocycles. The first kappa shape index (κ1) is 30.0. The summed E-state index contributed by atoms with van der Waals surface area (Å²) in [5.74, 6) is 1.09. The van der Waals surface area contributed by atoms with Gasteiger partial charge in [-0.15, -0.1) is 0 Å². The number of carbonyl (C=O) groups excluding carboxylic acids is 1. The summed E-state index contributed by atoms with van der Waals surface area (Å²) < 4.78 is 64.8. The fourth-order valence-corrected chi connectivity index (χ4v) is 5.80. The second-order valence-electron chi connectivity index (χ2n) is 10.1. The smallest absolute Gasteiger partial charge is 0.373 e. The summed E-state index contributed by atoms with van der Waals surface area (Å²) in [4.78, 5) is 23.3. The molecule has 43 heavy (non-hydrogen) atoms. The lowest BCUT2D eigenvalue weighted by molar-refractivity contribution is -0.137. The standard InChI is InChI=1S/C28H29F3N8O3S/c1-18-6-7-21(35-27(40)19-4-3-5-20(12-19)28(29,30)31)13-23(18)36-26-14-22(16-38-8-10-43(41,42)11-9-38)37-39(26)25-15-24(32-2)33-17-34-25/h3-7,12-15,17,36H,8-11,16H2,1-2H3,(H,35,40)(H,32,33,34). The first-order chi connectivity index (χ1) is 20.4. The van der Waals surface area contributed by atoms with Gasteiger partial charge in [-0.3, -0.25) is 9.69 Å². The van der Waals surface area contributed by atoms with Crippen molar-refractivity contribution in [2.75, 3.05) is 47.6 Å². The third-order valence-corrected chi connectivity index (χ3v) is 8.53. The zero-order valence-electron chi connectivity index (χ0n) is 23.3. The molecule has 11 nitrogen and oxygen atoms in total. The Morgan fingerprint density at radius 3 is 2.51 bits per heavy atom. The van der Waals surface area contributed by atoms with E-state index in [2.05, 4.69) is 25.9 Å². The number of anilines is 4. The van der Waals surface area contributed by atoms with Gasteiger partial charge in [-0.2, -0.15) is 23.0 Å². The second-order valence-corrected chi connectivity index (χ2v) is 12.4. The molecule has 226 valence electrons. The fraction of sp³-hybridized carbons (Fsp3) is 0.286. The molecule has 0 radical (unpaired) electrons. The van der Waals surface area contributed by atoms with Crippen molar-refractivity contribution in [3.8, 4) is 5.82 Å². The number of nitrogens with zero attached hydrogens (tertiary/aromatic N) is 5. The molecule has 1 aliphatic rings. The van der Waals surface area contributed by atoms with Crippen molar-refractivity contribution in [1.29, 1.82) is 0 Å². The van der Waals surface area contributed by atoms with Crippen molar-refractivity contribution < 1.29 is 26.4 Å². The summed E-state index contributed by atoms with van der Waals surface area (Å²) in [5, 5.41) is 13.7. The summed E-state index contributed by atoms with van der Waals surface area (Å²) in [6.07, 6.45) is -3.17. The number of hydrogen-bond acceptors (Lipinski definition) is 9. The number of alkyl halides is 3. The molecule has 0 saturated carbocycles.